The van der Waals surface area contributed by atoms with Crippen molar-refractivity contribution in [3.05, 3.63) is 18.0 Å². The smallest absolute Gasteiger partial charge is 0.272 e. The Kier molecular flexibility index (Phi) is 4.95. The summed E-state index contributed by atoms with van der Waals surface area (Å²) in [6.07, 6.45) is 6.01. The molecule has 1 fully saturated rings. The van der Waals surface area contributed by atoms with Gasteiger partial charge in [-0.05, 0) is 25.3 Å². The van der Waals surface area contributed by atoms with Crippen LogP contribution in [0.4, 0.5) is 0 Å². The first-order chi connectivity index (χ1) is 11.2. The van der Waals surface area contributed by atoms with E-state index in [9.17, 15) is 9.59 Å². The van der Waals surface area contributed by atoms with Gasteiger partial charge in [0, 0.05) is 19.2 Å². The fraction of sp³-hybridized carbons (Fsp3) is 0.688. The zero-order chi connectivity index (χ0) is 16.2. The van der Waals surface area contributed by atoms with Crippen LogP contribution in [0.5, 0.6) is 0 Å². The normalized spacial score (nSPS) is 21.2. The van der Waals surface area contributed by atoms with Crippen molar-refractivity contribution in [2.45, 2.75) is 51.6 Å². The highest BCUT2D eigenvalue weighted by Crippen LogP contribution is 2.24. The Labute approximate surface area is 136 Å². The van der Waals surface area contributed by atoms with E-state index in [4.69, 9.17) is 4.84 Å². The van der Waals surface area contributed by atoms with Crippen LogP contribution in [0.3, 0.4) is 0 Å². The summed E-state index contributed by atoms with van der Waals surface area (Å²) < 4.78 is 1.74. The third kappa shape index (κ3) is 3.39. The predicted molar refractivity (Wildman–Crippen MR) is 83.1 cm³/mol. The van der Waals surface area contributed by atoms with Crippen molar-refractivity contribution in [1.29, 1.82) is 0 Å². The Morgan fingerprint density at radius 2 is 2.26 bits per heavy atom. The summed E-state index contributed by atoms with van der Waals surface area (Å²) in [6.45, 7) is 4.14. The summed E-state index contributed by atoms with van der Waals surface area (Å²) in [5.74, 6) is -0.000644. The minimum absolute atomic E-state index is 0.108. The second-order valence-corrected chi connectivity index (χ2v) is 6.14. The van der Waals surface area contributed by atoms with Gasteiger partial charge in [0.15, 0.2) is 6.04 Å². The van der Waals surface area contributed by atoms with Crippen LogP contribution in [-0.4, -0.2) is 51.3 Å². The largest absolute Gasteiger partial charge is 0.334 e. The number of hydrogen-bond donors (Lipinski definition) is 0. The Bertz CT molecular complexity index is 565. The van der Waals surface area contributed by atoms with Gasteiger partial charge in [-0.1, -0.05) is 13.3 Å². The molecule has 7 nitrogen and oxygen atoms in total. The minimum atomic E-state index is -0.488. The van der Waals surface area contributed by atoms with Gasteiger partial charge in [-0.3, -0.25) is 19.1 Å². The summed E-state index contributed by atoms with van der Waals surface area (Å²) in [7, 11) is 0. The van der Waals surface area contributed by atoms with Crippen LogP contribution in [0.25, 0.3) is 0 Å². The quantitative estimate of drug-likeness (QED) is 0.843. The van der Waals surface area contributed by atoms with Crippen molar-refractivity contribution in [1.82, 2.24) is 19.7 Å². The third-order valence-corrected chi connectivity index (χ3v) is 4.42. The zero-order valence-electron chi connectivity index (χ0n) is 13.6. The molecule has 0 unspecified atom stereocenters. The Morgan fingerprint density at radius 1 is 1.39 bits per heavy atom. The first-order valence-electron chi connectivity index (χ1n) is 8.45. The summed E-state index contributed by atoms with van der Waals surface area (Å²) in [6, 6.07) is 1.38. The van der Waals surface area contributed by atoms with E-state index in [0.717, 1.165) is 31.4 Å². The summed E-state index contributed by atoms with van der Waals surface area (Å²) in [5.41, 5.74) is 0.899. The summed E-state index contributed by atoms with van der Waals surface area (Å²) in [5, 5.41) is 5.73. The molecule has 1 aromatic heterocycles. The van der Waals surface area contributed by atoms with Gasteiger partial charge in [0.05, 0.1) is 25.4 Å². The molecule has 0 aromatic carbocycles. The van der Waals surface area contributed by atoms with Gasteiger partial charge in [0.2, 0.25) is 5.91 Å². The number of carbonyl (C=O) groups is 2. The average Bonchev–Trinajstić information content (AvgIpc) is 3.07. The monoisotopic (exact) mass is 320 g/mol. The molecular weight excluding hydrogens is 296 g/mol. The van der Waals surface area contributed by atoms with Crippen LogP contribution in [0, 0.1) is 0 Å². The number of hydrogen-bond acceptors (Lipinski definition) is 4. The molecule has 0 radical (unpaired) electrons. The number of nitrogens with zero attached hydrogens (tertiary/aromatic N) is 4. The second-order valence-electron chi connectivity index (χ2n) is 6.14. The molecule has 2 aliphatic heterocycles. The minimum Gasteiger partial charge on any atom is -0.334 e. The van der Waals surface area contributed by atoms with Gasteiger partial charge in [0.25, 0.3) is 5.91 Å². The molecule has 7 heteroatoms. The molecule has 0 saturated carbocycles. The number of hydroxylamine groups is 2. The van der Waals surface area contributed by atoms with Gasteiger partial charge in [-0.2, -0.15) is 5.10 Å². The third-order valence-electron chi connectivity index (χ3n) is 4.42. The Balaban J connectivity index is 1.76. The van der Waals surface area contributed by atoms with Crippen molar-refractivity contribution < 1.29 is 14.4 Å². The van der Waals surface area contributed by atoms with Crippen LogP contribution in [0.2, 0.25) is 0 Å². The highest BCUT2D eigenvalue weighted by molar-refractivity contribution is 5.82. The number of fused-ring (bicyclic) bond motifs is 1. The summed E-state index contributed by atoms with van der Waals surface area (Å²) >= 11 is 0. The van der Waals surface area contributed by atoms with Crippen LogP contribution in [-0.2, 0) is 21.0 Å². The van der Waals surface area contributed by atoms with Gasteiger partial charge in [-0.25, -0.2) is 5.06 Å². The highest BCUT2D eigenvalue weighted by atomic mass is 16.7. The molecule has 2 aliphatic rings. The van der Waals surface area contributed by atoms with Gasteiger partial charge < -0.3 is 4.90 Å². The maximum Gasteiger partial charge on any atom is 0.272 e. The van der Waals surface area contributed by atoms with E-state index in [1.165, 1.54) is 5.06 Å². The molecule has 126 valence electrons. The lowest BCUT2D eigenvalue weighted by atomic mass is 10.1. The molecule has 0 bridgehead atoms. The molecule has 1 atom stereocenters. The lowest BCUT2D eigenvalue weighted by Crippen LogP contribution is -2.49. The van der Waals surface area contributed by atoms with E-state index >= 15 is 0 Å². The number of unbranched alkanes of at least 4 members (excludes halogenated alkanes) is 1. The second kappa shape index (κ2) is 7.12. The SMILES string of the molecule is CCCCC(=O)N1Cc2ccnn2[C@@H](C(=O)N2CCCCO2)C1. The molecule has 3 rings (SSSR count). The van der Waals surface area contributed by atoms with E-state index in [2.05, 4.69) is 12.0 Å². The molecule has 0 N–H and O–H groups in total. The maximum atomic E-state index is 12.8. The molecule has 0 spiro atoms. The average molecular weight is 320 g/mol. The van der Waals surface area contributed by atoms with Crippen molar-refractivity contribution in [2.24, 2.45) is 0 Å². The molecule has 23 heavy (non-hydrogen) atoms. The molecule has 1 aromatic rings. The van der Waals surface area contributed by atoms with Crippen molar-refractivity contribution in [2.75, 3.05) is 19.7 Å². The highest BCUT2D eigenvalue weighted by Gasteiger charge is 2.36. The van der Waals surface area contributed by atoms with Gasteiger partial charge >= 0.3 is 0 Å². The van der Waals surface area contributed by atoms with Gasteiger partial charge in [-0.15, -0.1) is 0 Å². The molecule has 3 heterocycles. The zero-order valence-corrected chi connectivity index (χ0v) is 13.6. The molecule has 2 amide bonds. The van der Waals surface area contributed by atoms with Crippen molar-refractivity contribution >= 4 is 11.8 Å². The van der Waals surface area contributed by atoms with E-state index in [1.54, 1.807) is 15.8 Å². The maximum absolute atomic E-state index is 12.8. The molecular formula is C16H24N4O3. The topological polar surface area (TPSA) is 67.7 Å². The van der Waals surface area contributed by atoms with E-state index in [1.807, 2.05) is 6.07 Å². The molecule has 1 saturated heterocycles. The Hall–Kier alpha value is -1.89. The predicted octanol–water partition coefficient (Wildman–Crippen LogP) is 1.51. The first-order valence-corrected chi connectivity index (χ1v) is 8.45. The number of amides is 2. The lowest BCUT2D eigenvalue weighted by molar-refractivity contribution is -0.201. The van der Waals surface area contributed by atoms with E-state index in [0.29, 0.717) is 32.7 Å². The fourth-order valence-electron chi connectivity index (χ4n) is 3.09. The van der Waals surface area contributed by atoms with Crippen molar-refractivity contribution in [3.8, 4) is 0 Å². The van der Waals surface area contributed by atoms with Crippen LogP contribution < -0.4 is 0 Å². The van der Waals surface area contributed by atoms with Crippen LogP contribution in [0.1, 0.15) is 50.8 Å². The van der Waals surface area contributed by atoms with Gasteiger partial charge in [0.1, 0.15) is 0 Å². The Morgan fingerprint density at radius 3 is 3.00 bits per heavy atom. The van der Waals surface area contributed by atoms with Crippen LogP contribution in [0.15, 0.2) is 12.3 Å². The standard InChI is InChI=1S/C16H24N4O3/c1-2-3-6-15(21)18-11-13-7-8-17-20(13)14(12-18)16(22)19-9-4-5-10-23-19/h7-8,14H,2-6,9-12H2,1H3/t14-/m1/s1. The van der Waals surface area contributed by atoms with E-state index < -0.39 is 6.04 Å². The lowest BCUT2D eigenvalue weighted by Gasteiger charge is -2.36. The van der Waals surface area contributed by atoms with E-state index in [-0.39, 0.29) is 11.8 Å². The number of aromatic nitrogens is 2. The molecule has 0 aliphatic carbocycles. The van der Waals surface area contributed by atoms with Crippen LogP contribution >= 0.6 is 0 Å². The number of carbonyl (C=O) groups excluding carboxylic acids is 2. The number of rotatable bonds is 4. The van der Waals surface area contributed by atoms with Crippen molar-refractivity contribution in [3.63, 3.8) is 0 Å². The fourth-order valence-corrected chi connectivity index (χ4v) is 3.09. The summed E-state index contributed by atoms with van der Waals surface area (Å²) in [4.78, 5) is 32.4. The first kappa shape index (κ1) is 16.0.